The van der Waals surface area contributed by atoms with Gasteiger partial charge in [0, 0.05) is 20.2 Å². The fourth-order valence-corrected chi connectivity index (χ4v) is 2.26. The maximum atomic E-state index is 8.67. The van der Waals surface area contributed by atoms with Crippen molar-refractivity contribution < 1.29 is 9.94 Å². The van der Waals surface area contributed by atoms with Crippen molar-refractivity contribution in [2.75, 3.05) is 31.7 Å². The zero-order chi connectivity index (χ0) is 13.7. The van der Waals surface area contributed by atoms with Gasteiger partial charge in [-0.1, -0.05) is 11.2 Å². The Bertz CT molecular complexity index is 444. The highest BCUT2D eigenvalue weighted by Crippen LogP contribution is 2.17. The number of aromatic nitrogens is 1. The molecule has 1 unspecified atom stereocenters. The van der Waals surface area contributed by atoms with Gasteiger partial charge in [-0.2, -0.15) is 0 Å². The molecule has 2 rings (SSSR count). The van der Waals surface area contributed by atoms with E-state index in [1.54, 1.807) is 6.07 Å². The number of nitrogens with zero attached hydrogens (tertiary/aromatic N) is 3. The predicted molar refractivity (Wildman–Crippen MR) is 73.6 cm³/mol. The Hall–Kier alpha value is -1.82. The van der Waals surface area contributed by atoms with Crippen LogP contribution in [0, 0.1) is 5.92 Å². The molecule has 1 aliphatic heterocycles. The van der Waals surface area contributed by atoms with E-state index in [1.165, 1.54) is 6.42 Å². The number of anilines is 1. The second-order valence-corrected chi connectivity index (χ2v) is 4.83. The molecule has 1 saturated heterocycles. The summed E-state index contributed by atoms with van der Waals surface area (Å²) in [5.74, 6) is 1.37. The van der Waals surface area contributed by atoms with Gasteiger partial charge in [0.05, 0.1) is 6.61 Å². The molecule has 0 spiro atoms. The topological polar surface area (TPSA) is 84.0 Å². The van der Waals surface area contributed by atoms with Crippen molar-refractivity contribution in [3.63, 3.8) is 0 Å². The Morgan fingerprint density at radius 2 is 2.47 bits per heavy atom. The highest BCUT2D eigenvalue weighted by atomic mass is 16.5. The molecular formula is C13H20N4O2. The summed E-state index contributed by atoms with van der Waals surface area (Å²) in [5.41, 5.74) is 6.03. The second-order valence-electron chi connectivity index (χ2n) is 4.83. The number of hydrogen-bond donors (Lipinski definition) is 2. The van der Waals surface area contributed by atoms with Crippen molar-refractivity contribution in [3.8, 4) is 0 Å². The summed E-state index contributed by atoms with van der Waals surface area (Å²) in [6.07, 6.45) is 2.31. The molecule has 1 aromatic heterocycles. The number of ether oxygens (including phenoxy) is 1. The minimum atomic E-state index is 0.0243. The first-order valence-electron chi connectivity index (χ1n) is 6.44. The Labute approximate surface area is 112 Å². The summed E-state index contributed by atoms with van der Waals surface area (Å²) < 4.78 is 5.48. The lowest BCUT2D eigenvalue weighted by molar-refractivity contribution is 0.0576. The van der Waals surface area contributed by atoms with E-state index in [0.717, 1.165) is 32.0 Å². The van der Waals surface area contributed by atoms with Crippen molar-refractivity contribution >= 4 is 11.7 Å². The lowest BCUT2D eigenvalue weighted by Crippen LogP contribution is -2.31. The average molecular weight is 264 g/mol. The first kappa shape index (κ1) is 13.6. The normalized spacial score (nSPS) is 20.3. The number of hydrogen-bond acceptors (Lipinski definition) is 5. The maximum absolute atomic E-state index is 8.67. The molecule has 2 heterocycles. The predicted octanol–water partition coefficient (Wildman–Crippen LogP) is 1.04. The van der Waals surface area contributed by atoms with Crippen LogP contribution in [0.1, 0.15) is 18.5 Å². The smallest absolute Gasteiger partial charge is 0.188 e. The first-order valence-corrected chi connectivity index (χ1v) is 6.44. The molecule has 6 heteroatoms. The summed E-state index contributed by atoms with van der Waals surface area (Å²) in [6.45, 7) is 2.58. The minimum absolute atomic E-state index is 0.0243. The number of oxime groups is 1. The number of nitrogens with two attached hydrogens (primary N) is 1. The molecule has 0 aliphatic carbocycles. The quantitative estimate of drug-likeness (QED) is 0.367. The van der Waals surface area contributed by atoms with Crippen LogP contribution < -0.4 is 10.6 Å². The minimum Gasteiger partial charge on any atom is -0.409 e. The van der Waals surface area contributed by atoms with Gasteiger partial charge >= 0.3 is 0 Å². The van der Waals surface area contributed by atoms with E-state index in [-0.39, 0.29) is 5.84 Å². The fourth-order valence-electron chi connectivity index (χ4n) is 2.26. The van der Waals surface area contributed by atoms with Crippen LogP contribution >= 0.6 is 0 Å². The largest absolute Gasteiger partial charge is 0.409 e. The van der Waals surface area contributed by atoms with Crippen molar-refractivity contribution in [2.24, 2.45) is 16.8 Å². The summed E-state index contributed by atoms with van der Waals surface area (Å²) in [5, 5.41) is 11.6. The van der Waals surface area contributed by atoms with Crippen LogP contribution in [0.3, 0.4) is 0 Å². The fraction of sp³-hybridized carbons (Fsp3) is 0.538. The lowest BCUT2D eigenvalue weighted by Gasteiger charge is -2.27. The second kappa shape index (κ2) is 6.38. The summed E-state index contributed by atoms with van der Waals surface area (Å²) in [7, 11) is 1.99. The number of rotatable bonds is 4. The Balaban J connectivity index is 2.03. The standard InChI is InChI=1S/C13H20N4O2/c1-17(8-10-4-3-7-19-9-10)12-6-2-5-11(15-12)13(14)16-18/h2,5-6,10,18H,3-4,7-9H2,1H3,(H2,14,16). The molecule has 0 saturated carbocycles. The van der Waals surface area contributed by atoms with Gasteiger partial charge in [0.15, 0.2) is 5.84 Å². The van der Waals surface area contributed by atoms with Crippen LogP contribution in [0.15, 0.2) is 23.4 Å². The average Bonchev–Trinajstić information content (AvgIpc) is 2.47. The molecule has 0 radical (unpaired) electrons. The van der Waals surface area contributed by atoms with Crippen molar-refractivity contribution in [1.82, 2.24) is 4.98 Å². The third kappa shape index (κ3) is 3.57. The van der Waals surface area contributed by atoms with Crippen LogP contribution in [0.5, 0.6) is 0 Å². The molecule has 19 heavy (non-hydrogen) atoms. The molecule has 1 atom stereocenters. The molecule has 1 aliphatic rings. The van der Waals surface area contributed by atoms with Crippen LogP contribution in [0.2, 0.25) is 0 Å². The third-order valence-electron chi connectivity index (χ3n) is 3.28. The van der Waals surface area contributed by atoms with Gasteiger partial charge in [-0.05, 0) is 30.9 Å². The first-order chi connectivity index (χ1) is 9.20. The maximum Gasteiger partial charge on any atom is 0.188 e. The van der Waals surface area contributed by atoms with Crippen LogP contribution in [-0.2, 0) is 4.74 Å². The molecule has 0 bridgehead atoms. The van der Waals surface area contributed by atoms with E-state index in [2.05, 4.69) is 15.0 Å². The third-order valence-corrected chi connectivity index (χ3v) is 3.28. The molecule has 1 aromatic rings. The van der Waals surface area contributed by atoms with E-state index in [1.807, 2.05) is 19.2 Å². The van der Waals surface area contributed by atoms with Gasteiger partial charge in [0.2, 0.25) is 0 Å². The highest BCUT2D eigenvalue weighted by molar-refractivity contribution is 5.95. The lowest BCUT2D eigenvalue weighted by atomic mass is 10.0. The SMILES string of the molecule is CN(CC1CCCOC1)c1cccc(C(N)=NO)n1. The molecule has 0 amide bonds. The summed E-state index contributed by atoms with van der Waals surface area (Å²) >= 11 is 0. The van der Waals surface area contributed by atoms with E-state index < -0.39 is 0 Å². The Morgan fingerprint density at radius 3 is 3.16 bits per heavy atom. The Morgan fingerprint density at radius 1 is 1.63 bits per heavy atom. The molecular weight excluding hydrogens is 244 g/mol. The van der Waals surface area contributed by atoms with Gasteiger partial charge in [-0.15, -0.1) is 0 Å². The zero-order valence-electron chi connectivity index (χ0n) is 11.1. The van der Waals surface area contributed by atoms with Gasteiger partial charge in [0.25, 0.3) is 0 Å². The Kier molecular flexibility index (Phi) is 4.57. The van der Waals surface area contributed by atoms with Gasteiger partial charge in [-0.3, -0.25) is 0 Å². The summed E-state index contributed by atoms with van der Waals surface area (Å²) in [4.78, 5) is 6.46. The zero-order valence-corrected chi connectivity index (χ0v) is 11.1. The van der Waals surface area contributed by atoms with Gasteiger partial charge in [-0.25, -0.2) is 4.98 Å². The van der Waals surface area contributed by atoms with Gasteiger partial charge in [0.1, 0.15) is 11.5 Å². The number of amidine groups is 1. The van der Waals surface area contributed by atoms with Crippen molar-refractivity contribution in [1.29, 1.82) is 0 Å². The molecule has 6 nitrogen and oxygen atoms in total. The van der Waals surface area contributed by atoms with E-state index >= 15 is 0 Å². The highest BCUT2D eigenvalue weighted by Gasteiger charge is 2.17. The molecule has 3 N–H and O–H groups in total. The van der Waals surface area contributed by atoms with Crippen LogP contribution in [-0.4, -0.2) is 42.8 Å². The van der Waals surface area contributed by atoms with E-state index in [9.17, 15) is 0 Å². The van der Waals surface area contributed by atoms with Crippen LogP contribution in [0.4, 0.5) is 5.82 Å². The number of pyridine rings is 1. The monoisotopic (exact) mass is 264 g/mol. The molecule has 0 aromatic carbocycles. The van der Waals surface area contributed by atoms with Crippen molar-refractivity contribution in [2.45, 2.75) is 12.8 Å². The summed E-state index contributed by atoms with van der Waals surface area (Å²) in [6, 6.07) is 5.48. The van der Waals surface area contributed by atoms with E-state index in [0.29, 0.717) is 11.6 Å². The van der Waals surface area contributed by atoms with Crippen LogP contribution in [0.25, 0.3) is 0 Å². The van der Waals surface area contributed by atoms with Crippen molar-refractivity contribution in [3.05, 3.63) is 23.9 Å². The van der Waals surface area contributed by atoms with Gasteiger partial charge < -0.3 is 20.6 Å². The molecule has 1 fully saturated rings. The van der Waals surface area contributed by atoms with E-state index in [4.69, 9.17) is 15.7 Å². The molecule has 104 valence electrons.